The summed E-state index contributed by atoms with van der Waals surface area (Å²) in [5.74, 6) is 0.553. The first-order valence-electron chi connectivity index (χ1n) is 7.51. The minimum atomic E-state index is 0.193. The number of hydrogen-bond donors (Lipinski definition) is 1. The van der Waals surface area contributed by atoms with Crippen molar-refractivity contribution >= 4 is 17.2 Å². The highest BCUT2D eigenvalue weighted by Crippen LogP contribution is 2.20. The fourth-order valence-corrected chi connectivity index (χ4v) is 3.93. The molecule has 110 valence electrons. The summed E-state index contributed by atoms with van der Waals surface area (Å²) in [6, 6.07) is 4.63. The zero-order valence-corrected chi connectivity index (χ0v) is 12.9. The van der Waals surface area contributed by atoms with E-state index in [1.165, 1.54) is 4.88 Å². The Kier molecular flexibility index (Phi) is 4.38. The van der Waals surface area contributed by atoms with E-state index in [0.29, 0.717) is 11.9 Å². The minimum absolute atomic E-state index is 0.193. The molecule has 2 fully saturated rings. The van der Waals surface area contributed by atoms with Crippen LogP contribution >= 0.6 is 11.3 Å². The van der Waals surface area contributed by atoms with Gasteiger partial charge in [-0.2, -0.15) is 0 Å². The Bertz CT molecular complexity index is 440. The van der Waals surface area contributed by atoms with E-state index in [1.54, 1.807) is 0 Å². The molecular formula is C15H23N3OS. The normalized spacial score (nSPS) is 27.9. The summed E-state index contributed by atoms with van der Waals surface area (Å²) in [4.78, 5) is 18.4. The summed E-state index contributed by atoms with van der Waals surface area (Å²) >= 11 is 1.81. The van der Waals surface area contributed by atoms with Crippen LogP contribution in [0.5, 0.6) is 0 Å². The van der Waals surface area contributed by atoms with Gasteiger partial charge in [-0.15, -0.1) is 11.3 Å². The molecular weight excluding hydrogens is 270 g/mol. The molecule has 1 aromatic heterocycles. The number of nitrogens with one attached hydrogen (secondary N) is 1. The van der Waals surface area contributed by atoms with Gasteiger partial charge in [0, 0.05) is 43.6 Å². The van der Waals surface area contributed by atoms with Gasteiger partial charge in [0.15, 0.2) is 0 Å². The predicted octanol–water partition coefficient (Wildman–Crippen LogP) is 1.39. The van der Waals surface area contributed by atoms with Gasteiger partial charge in [0.05, 0.1) is 5.92 Å². The smallest absolute Gasteiger partial charge is 0.227 e. The van der Waals surface area contributed by atoms with Crippen LogP contribution in [0, 0.1) is 5.92 Å². The third-order valence-corrected chi connectivity index (χ3v) is 5.35. The molecule has 0 radical (unpaired) electrons. The van der Waals surface area contributed by atoms with Crippen molar-refractivity contribution < 1.29 is 4.79 Å². The van der Waals surface area contributed by atoms with Crippen LogP contribution in [0.3, 0.4) is 0 Å². The quantitative estimate of drug-likeness (QED) is 0.915. The van der Waals surface area contributed by atoms with Crippen LogP contribution < -0.4 is 5.32 Å². The molecule has 20 heavy (non-hydrogen) atoms. The molecule has 0 spiro atoms. The number of carbonyl (C=O) groups excluding carboxylic acids is 1. The largest absolute Gasteiger partial charge is 0.340 e. The van der Waals surface area contributed by atoms with Crippen molar-refractivity contribution in [2.24, 2.45) is 5.92 Å². The fourth-order valence-electron chi connectivity index (χ4n) is 3.18. The SMILES string of the molecule is CC1NCCC1C(=O)N1CCN(Cc2cccs2)CC1. The van der Waals surface area contributed by atoms with Crippen LogP contribution in [0.15, 0.2) is 17.5 Å². The number of amides is 1. The van der Waals surface area contributed by atoms with Crippen LogP contribution in [-0.2, 0) is 11.3 Å². The van der Waals surface area contributed by atoms with Crippen molar-refractivity contribution in [1.82, 2.24) is 15.1 Å². The van der Waals surface area contributed by atoms with Gasteiger partial charge in [-0.25, -0.2) is 0 Å². The fraction of sp³-hybridized carbons (Fsp3) is 0.667. The maximum Gasteiger partial charge on any atom is 0.227 e. The minimum Gasteiger partial charge on any atom is -0.340 e. The lowest BCUT2D eigenvalue weighted by atomic mass is 10.00. The van der Waals surface area contributed by atoms with Crippen molar-refractivity contribution in [3.8, 4) is 0 Å². The number of rotatable bonds is 3. The maximum atomic E-state index is 12.5. The molecule has 0 aromatic carbocycles. The molecule has 0 bridgehead atoms. The second kappa shape index (κ2) is 6.24. The summed E-state index contributed by atoms with van der Waals surface area (Å²) in [5.41, 5.74) is 0. The average molecular weight is 293 g/mol. The molecule has 2 atom stereocenters. The van der Waals surface area contributed by atoms with Gasteiger partial charge in [0.1, 0.15) is 0 Å². The Morgan fingerprint density at radius 1 is 1.40 bits per heavy atom. The van der Waals surface area contributed by atoms with Crippen LogP contribution in [0.4, 0.5) is 0 Å². The first-order valence-corrected chi connectivity index (χ1v) is 8.39. The molecule has 0 saturated carbocycles. The Balaban J connectivity index is 1.49. The molecule has 2 saturated heterocycles. The standard InChI is InChI=1S/C15H23N3OS/c1-12-14(4-5-16-12)15(19)18-8-6-17(7-9-18)11-13-3-2-10-20-13/h2-3,10,12,14,16H,4-9,11H2,1H3. The summed E-state index contributed by atoms with van der Waals surface area (Å²) < 4.78 is 0. The number of carbonyl (C=O) groups is 1. The molecule has 2 unspecified atom stereocenters. The van der Waals surface area contributed by atoms with Gasteiger partial charge in [-0.3, -0.25) is 9.69 Å². The number of nitrogens with zero attached hydrogens (tertiary/aromatic N) is 2. The van der Waals surface area contributed by atoms with E-state index in [4.69, 9.17) is 0 Å². The summed E-state index contributed by atoms with van der Waals surface area (Å²) in [6.07, 6.45) is 0.995. The average Bonchev–Trinajstić information content (AvgIpc) is 3.10. The van der Waals surface area contributed by atoms with E-state index < -0.39 is 0 Å². The van der Waals surface area contributed by atoms with E-state index in [-0.39, 0.29) is 5.92 Å². The molecule has 2 aliphatic heterocycles. The number of thiophene rings is 1. The molecule has 1 aromatic rings. The summed E-state index contributed by atoms with van der Waals surface area (Å²) in [7, 11) is 0. The van der Waals surface area contributed by atoms with Crippen LogP contribution in [0.25, 0.3) is 0 Å². The van der Waals surface area contributed by atoms with Gasteiger partial charge >= 0.3 is 0 Å². The number of piperazine rings is 1. The lowest BCUT2D eigenvalue weighted by Crippen LogP contribution is -2.51. The highest BCUT2D eigenvalue weighted by Gasteiger charge is 2.33. The Hall–Kier alpha value is -0.910. The molecule has 2 aliphatic rings. The molecule has 1 N–H and O–H groups in total. The second-order valence-electron chi connectivity index (χ2n) is 5.82. The van der Waals surface area contributed by atoms with Crippen molar-refractivity contribution in [3.63, 3.8) is 0 Å². The number of hydrogen-bond acceptors (Lipinski definition) is 4. The van der Waals surface area contributed by atoms with Crippen molar-refractivity contribution in [1.29, 1.82) is 0 Å². The van der Waals surface area contributed by atoms with Crippen molar-refractivity contribution in [2.75, 3.05) is 32.7 Å². The second-order valence-corrected chi connectivity index (χ2v) is 6.85. The first-order chi connectivity index (χ1) is 9.74. The molecule has 1 amide bonds. The van der Waals surface area contributed by atoms with Crippen LogP contribution in [-0.4, -0.2) is 54.5 Å². The van der Waals surface area contributed by atoms with Gasteiger partial charge in [0.25, 0.3) is 0 Å². The van der Waals surface area contributed by atoms with Crippen molar-refractivity contribution in [2.45, 2.75) is 25.9 Å². The molecule has 4 nitrogen and oxygen atoms in total. The van der Waals surface area contributed by atoms with E-state index in [0.717, 1.165) is 45.7 Å². The first kappa shape index (κ1) is 14.0. The van der Waals surface area contributed by atoms with Crippen LogP contribution in [0.2, 0.25) is 0 Å². The lowest BCUT2D eigenvalue weighted by molar-refractivity contribution is -0.137. The Labute approximate surface area is 124 Å². The van der Waals surface area contributed by atoms with Gasteiger partial charge in [-0.1, -0.05) is 6.07 Å². The molecule has 5 heteroatoms. The van der Waals surface area contributed by atoms with E-state index in [1.807, 2.05) is 11.3 Å². The van der Waals surface area contributed by atoms with Gasteiger partial charge in [-0.05, 0) is 31.3 Å². The van der Waals surface area contributed by atoms with Gasteiger partial charge < -0.3 is 10.2 Å². The van der Waals surface area contributed by atoms with Crippen LogP contribution in [0.1, 0.15) is 18.2 Å². The lowest BCUT2D eigenvalue weighted by Gasteiger charge is -2.36. The van der Waals surface area contributed by atoms with Gasteiger partial charge in [0.2, 0.25) is 5.91 Å². The van der Waals surface area contributed by atoms with E-state index >= 15 is 0 Å². The molecule has 3 heterocycles. The third kappa shape index (κ3) is 3.05. The molecule has 0 aliphatic carbocycles. The van der Waals surface area contributed by atoms with Crippen molar-refractivity contribution in [3.05, 3.63) is 22.4 Å². The summed E-state index contributed by atoms with van der Waals surface area (Å²) in [6.45, 7) is 7.90. The third-order valence-electron chi connectivity index (χ3n) is 4.49. The topological polar surface area (TPSA) is 35.6 Å². The van der Waals surface area contributed by atoms with E-state index in [2.05, 4.69) is 39.6 Å². The zero-order chi connectivity index (χ0) is 13.9. The Morgan fingerprint density at radius 3 is 2.80 bits per heavy atom. The maximum absolute atomic E-state index is 12.5. The Morgan fingerprint density at radius 2 is 2.20 bits per heavy atom. The van der Waals surface area contributed by atoms with E-state index in [9.17, 15) is 4.79 Å². The molecule has 3 rings (SSSR count). The highest BCUT2D eigenvalue weighted by atomic mass is 32.1. The monoisotopic (exact) mass is 293 g/mol. The predicted molar refractivity (Wildman–Crippen MR) is 81.7 cm³/mol. The highest BCUT2D eigenvalue weighted by molar-refractivity contribution is 7.09. The summed E-state index contributed by atoms with van der Waals surface area (Å²) in [5, 5.41) is 5.50. The zero-order valence-electron chi connectivity index (χ0n) is 12.0.